The first-order valence-electron chi connectivity index (χ1n) is 9.71. The summed E-state index contributed by atoms with van der Waals surface area (Å²) in [5.74, 6) is 2.25. The number of amides is 1. The van der Waals surface area contributed by atoms with Crippen molar-refractivity contribution in [2.45, 2.75) is 9.79 Å². The van der Waals surface area contributed by atoms with Crippen LogP contribution in [0.4, 0.5) is 5.95 Å². The topological polar surface area (TPSA) is 98.6 Å². The maximum absolute atomic E-state index is 12.5. The summed E-state index contributed by atoms with van der Waals surface area (Å²) in [6.07, 6.45) is 3.17. The maximum Gasteiger partial charge on any atom is 0.240 e. The second kappa shape index (κ2) is 12.2. The molecule has 3 aromatic rings. The summed E-state index contributed by atoms with van der Waals surface area (Å²) in [5.41, 5.74) is 0. The van der Waals surface area contributed by atoms with E-state index in [1.807, 2.05) is 24.3 Å². The molecule has 0 fully saturated rings. The molecule has 0 spiro atoms. The van der Waals surface area contributed by atoms with E-state index < -0.39 is 0 Å². The van der Waals surface area contributed by atoms with Crippen molar-refractivity contribution < 1.29 is 15.0 Å². The molecule has 0 bridgehead atoms. The summed E-state index contributed by atoms with van der Waals surface area (Å²) in [7, 11) is 0. The number of hydrogen-bond donors (Lipinski definition) is 3. The van der Waals surface area contributed by atoms with Gasteiger partial charge in [0.25, 0.3) is 0 Å². The molecule has 1 aromatic heterocycles. The standard InChI is InChI=1S/C22H24N4O3S2/c27-17-2-6-19(7-3-17)30-14-12-26(13-15-31-20-8-4-18(28)5-9-20)16-21(29)25-22-23-10-1-11-24-22/h1-11,27-28H,12-16H2,(H,23,24,25,29). The van der Waals surface area contributed by atoms with Crippen LogP contribution in [0, 0.1) is 0 Å². The number of carbonyl (C=O) groups excluding carboxylic acids is 1. The number of aromatic nitrogens is 2. The smallest absolute Gasteiger partial charge is 0.240 e. The van der Waals surface area contributed by atoms with E-state index in [2.05, 4.69) is 20.2 Å². The molecule has 0 radical (unpaired) electrons. The Morgan fingerprint density at radius 2 is 1.32 bits per heavy atom. The predicted molar refractivity (Wildman–Crippen MR) is 125 cm³/mol. The van der Waals surface area contributed by atoms with Gasteiger partial charge in [0.15, 0.2) is 0 Å². The van der Waals surface area contributed by atoms with Crippen molar-refractivity contribution >= 4 is 35.4 Å². The summed E-state index contributed by atoms with van der Waals surface area (Å²) in [6.45, 7) is 1.69. The Hall–Kier alpha value is -2.75. The predicted octanol–water partition coefficient (Wildman–Crippen LogP) is 3.71. The van der Waals surface area contributed by atoms with Crippen molar-refractivity contribution in [3.8, 4) is 11.5 Å². The van der Waals surface area contributed by atoms with Crippen molar-refractivity contribution in [3.63, 3.8) is 0 Å². The van der Waals surface area contributed by atoms with Crippen molar-refractivity contribution in [3.05, 3.63) is 67.0 Å². The lowest BCUT2D eigenvalue weighted by Gasteiger charge is -2.21. The number of anilines is 1. The summed E-state index contributed by atoms with van der Waals surface area (Å²) in [6, 6.07) is 15.9. The van der Waals surface area contributed by atoms with Gasteiger partial charge in [0.1, 0.15) is 11.5 Å². The highest BCUT2D eigenvalue weighted by Crippen LogP contribution is 2.22. The van der Waals surface area contributed by atoms with Gasteiger partial charge in [0, 0.05) is 46.8 Å². The van der Waals surface area contributed by atoms with Crippen molar-refractivity contribution in [1.29, 1.82) is 0 Å². The van der Waals surface area contributed by atoms with Crippen LogP contribution in [0.1, 0.15) is 0 Å². The van der Waals surface area contributed by atoms with E-state index >= 15 is 0 Å². The van der Waals surface area contributed by atoms with E-state index in [0.717, 1.165) is 34.4 Å². The van der Waals surface area contributed by atoms with Gasteiger partial charge < -0.3 is 10.2 Å². The lowest BCUT2D eigenvalue weighted by molar-refractivity contribution is -0.117. The minimum absolute atomic E-state index is 0.157. The van der Waals surface area contributed by atoms with Crippen LogP contribution in [-0.4, -0.2) is 62.1 Å². The number of phenols is 2. The van der Waals surface area contributed by atoms with Gasteiger partial charge in [-0.05, 0) is 54.6 Å². The Labute approximate surface area is 189 Å². The zero-order valence-corrected chi connectivity index (χ0v) is 18.5. The molecule has 0 unspecified atom stereocenters. The Balaban J connectivity index is 1.51. The molecule has 3 N–H and O–H groups in total. The Morgan fingerprint density at radius 3 is 1.81 bits per heavy atom. The molecule has 0 aliphatic heterocycles. The zero-order chi connectivity index (χ0) is 21.9. The zero-order valence-electron chi connectivity index (χ0n) is 16.8. The molecule has 9 heteroatoms. The first-order chi connectivity index (χ1) is 15.1. The van der Waals surface area contributed by atoms with Gasteiger partial charge >= 0.3 is 0 Å². The molecule has 2 aromatic carbocycles. The van der Waals surface area contributed by atoms with E-state index in [9.17, 15) is 15.0 Å². The number of phenolic OH excluding ortho intramolecular Hbond substituents is 2. The number of rotatable bonds is 11. The molecule has 0 aliphatic rings. The molecule has 3 rings (SSSR count). The molecule has 162 valence electrons. The van der Waals surface area contributed by atoms with Crippen LogP contribution in [-0.2, 0) is 4.79 Å². The van der Waals surface area contributed by atoms with E-state index in [-0.39, 0.29) is 24.0 Å². The molecule has 0 atom stereocenters. The lowest BCUT2D eigenvalue weighted by atomic mass is 10.3. The minimum atomic E-state index is -0.157. The minimum Gasteiger partial charge on any atom is -0.508 e. The fraction of sp³-hybridized carbons (Fsp3) is 0.227. The van der Waals surface area contributed by atoms with Gasteiger partial charge in [-0.15, -0.1) is 23.5 Å². The number of carbonyl (C=O) groups is 1. The monoisotopic (exact) mass is 456 g/mol. The van der Waals surface area contributed by atoms with E-state index in [1.54, 1.807) is 66.2 Å². The van der Waals surface area contributed by atoms with Crippen molar-refractivity contribution in [2.75, 3.05) is 36.5 Å². The first kappa shape index (κ1) is 22.9. The largest absolute Gasteiger partial charge is 0.508 e. The van der Waals surface area contributed by atoms with Crippen LogP contribution < -0.4 is 5.32 Å². The van der Waals surface area contributed by atoms with E-state index in [0.29, 0.717) is 5.95 Å². The molecule has 1 amide bonds. The van der Waals surface area contributed by atoms with Gasteiger partial charge in [-0.25, -0.2) is 9.97 Å². The number of benzene rings is 2. The summed E-state index contributed by atoms with van der Waals surface area (Å²) < 4.78 is 0. The van der Waals surface area contributed by atoms with E-state index in [4.69, 9.17) is 0 Å². The number of nitrogens with one attached hydrogen (secondary N) is 1. The van der Waals surface area contributed by atoms with Gasteiger partial charge in [-0.2, -0.15) is 0 Å². The van der Waals surface area contributed by atoms with Gasteiger partial charge in [-0.3, -0.25) is 15.0 Å². The van der Waals surface area contributed by atoms with Crippen LogP contribution in [0.3, 0.4) is 0 Å². The molecule has 31 heavy (non-hydrogen) atoms. The normalized spacial score (nSPS) is 10.9. The van der Waals surface area contributed by atoms with Gasteiger partial charge in [0.05, 0.1) is 6.54 Å². The van der Waals surface area contributed by atoms with Crippen LogP contribution in [0.15, 0.2) is 76.8 Å². The maximum atomic E-state index is 12.5. The lowest BCUT2D eigenvalue weighted by Crippen LogP contribution is -2.36. The average molecular weight is 457 g/mol. The third-order valence-corrected chi connectivity index (χ3v) is 6.19. The highest BCUT2D eigenvalue weighted by Gasteiger charge is 2.12. The summed E-state index contributed by atoms with van der Waals surface area (Å²) in [4.78, 5) is 24.8. The van der Waals surface area contributed by atoms with Gasteiger partial charge in [0.2, 0.25) is 11.9 Å². The second-order valence-corrected chi connectivity index (χ2v) is 8.92. The van der Waals surface area contributed by atoms with Crippen molar-refractivity contribution in [2.24, 2.45) is 0 Å². The Morgan fingerprint density at radius 1 is 0.839 bits per heavy atom. The molecule has 0 aliphatic carbocycles. The van der Waals surface area contributed by atoms with E-state index in [1.165, 1.54) is 0 Å². The SMILES string of the molecule is O=C(CN(CCSc1ccc(O)cc1)CCSc1ccc(O)cc1)Nc1ncccn1. The average Bonchev–Trinajstić information content (AvgIpc) is 2.77. The third kappa shape index (κ3) is 8.49. The van der Waals surface area contributed by atoms with Crippen LogP contribution in [0.5, 0.6) is 11.5 Å². The quantitative estimate of drug-likeness (QED) is 0.376. The fourth-order valence-corrected chi connectivity index (χ4v) is 4.50. The van der Waals surface area contributed by atoms with Gasteiger partial charge in [-0.1, -0.05) is 0 Å². The second-order valence-electron chi connectivity index (χ2n) is 6.58. The molecule has 7 nitrogen and oxygen atoms in total. The Bertz CT molecular complexity index is 890. The molecule has 0 saturated carbocycles. The molecule has 0 saturated heterocycles. The number of aromatic hydroxyl groups is 2. The summed E-state index contributed by atoms with van der Waals surface area (Å²) in [5, 5.41) is 21.5. The number of hydrogen-bond acceptors (Lipinski definition) is 8. The number of nitrogens with zero attached hydrogens (tertiary/aromatic N) is 3. The third-order valence-electron chi connectivity index (χ3n) is 4.21. The van der Waals surface area contributed by atoms with Crippen LogP contribution in [0.25, 0.3) is 0 Å². The molecule has 1 heterocycles. The fourth-order valence-electron chi connectivity index (χ4n) is 2.67. The highest BCUT2D eigenvalue weighted by atomic mass is 32.2. The molecular weight excluding hydrogens is 432 g/mol. The first-order valence-corrected chi connectivity index (χ1v) is 11.7. The van der Waals surface area contributed by atoms with Crippen molar-refractivity contribution in [1.82, 2.24) is 14.9 Å². The number of thioether (sulfide) groups is 2. The highest BCUT2D eigenvalue weighted by molar-refractivity contribution is 7.99. The summed E-state index contributed by atoms with van der Waals surface area (Å²) >= 11 is 3.35. The van der Waals surface area contributed by atoms with Crippen LogP contribution >= 0.6 is 23.5 Å². The molecular formula is C22H24N4O3S2. The van der Waals surface area contributed by atoms with Crippen LogP contribution in [0.2, 0.25) is 0 Å². The Kier molecular flexibility index (Phi) is 9.01.